The zero-order valence-electron chi connectivity index (χ0n) is 12.1. The molecule has 0 aliphatic carbocycles. The third-order valence-corrected chi connectivity index (χ3v) is 3.48. The second kappa shape index (κ2) is 5.40. The summed E-state index contributed by atoms with van der Waals surface area (Å²) in [4.78, 5) is 9.25. The normalized spacial score (nSPS) is 10.8. The van der Waals surface area contributed by atoms with E-state index in [1.807, 2.05) is 49.4 Å². The third-order valence-electron chi connectivity index (χ3n) is 3.48. The van der Waals surface area contributed by atoms with Crippen molar-refractivity contribution >= 4 is 16.6 Å². The zero-order chi connectivity index (χ0) is 14.8. The Hall–Kier alpha value is -2.62. The molecule has 2 N–H and O–H groups in total. The van der Waals surface area contributed by atoms with E-state index in [-0.39, 0.29) is 0 Å². The fraction of sp³-hybridized carbons (Fsp3) is 0.176. The minimum atomic E-state index is 0.682. The van der Waals surface area contributed by atoms with Crippen molar-refractivity contribution in [3.05, 3.63) is 48.3 Å². The number of rotatable bonds is 3. The van der Waals surface area contributed by atoms with Gasteiger partial charge in [-0.3, -0.25) is 0 Å². The van der Waals surface area contributed by atoms with Crippen molar-refractivity contribution in [1.29, 1.82) is 0 Å². The predicted octanol–water partition coefficient (Wildman–Crippen LogP) is 3.45. The lowest BCUT2D eigenvalue weighted by atomic mass is 10.0. The third kappa shape index (κ3) is 2.40. The molecular weight excluding hydrogens is 262 g/mol. The largest absolute Gasteiger partial charge is 0.497 e. The molecule has 2 aromatic carbocycles. The first-order chi connectivity index (χ1) is 10.2. The van der Waals surface area contributed by atoms with Gasteiger partial charge in [0.05, 0.1) is 18.3 Å². The van der Waals surface area contributed by atoms with Crippen LogP contribution in [0.5, 0.6) is 5.75 Å². The van der Waals surface area contributed by atoms with Gasteiger partial charge in [-0.25, -0.2) is 9.97 Å². The lowest BCUT2D eigenvalue weighted by Gasteiger charge is -2.11. The molecule has 0 unspecified atom stereocenters. The summed E-state index contributed by atoms with van der Waals surface area (Å²) in [7, 11) is 1.64. The van der Waals surface area contributed by atoms with Crippen LogP contribution in [0.25, 0.3) is 22.2 Å². The molecule has 1 aromatic heterocycles. The number of methoxy groups -OCH3 is 1. The molecular formula is C17H17N3O. The number of hydrogen-bond acceptors (Lipinski definition) is 4. The van der Waals surface area contributed by atoms with Gasteiger partial charge in [0.15, 0.2) is 0 Å². The molecule has 0 spiro atoms. The molecule has 0 bridgehead atoms. The monoisotopic (exact) mass is 279 g/mol. The number of ether oxygens (including phenoxy) is 1. The first-order valence-electron chi connectivity index (χ1n) is 6.92. The fourth-order valence-electron chi connectivity index (χ4n) is 2.36. The SMILES string of the molecule is CCc1nc(-c2cc(OC)ccc2N)c2ccccc2n1. The van der Waals surface area contributed by atoms with Gasteiger partial charge in [0.1, 0.15) is 11.6 Å². The van der Waals surface area contributed by atoms with Crippen molar-refractivity contribution in [3.63, 3.8) is 0 Å². The maximum atomic E-state index is 6.14. The molecule has 1 heterocycles. The van der Waals surface area contributed by atoms with Gasteiger partial charge in [0.25, 0.3) is 0 Å². The highest BCUT2D eigenvalue weighted by atomic mass is 16.5. The summed E-state index contributed by atoms with van der Waals surface area (Å²) < 4.78 is 5.30. The highest BCUT2D eigenvalue weighted by Gasteiger charge is 2.12. The van der Waals surface area contributed by atoms with Crippen LogP contribution in [-0.2, 0) is 6.42 Å². The Balaban J connectivity index is 2.33. The first-order valence-corrected chi connectivity index (χ1v) is 6.92. The van der Waals surface area contributed by atoms with Crippen molar-refractivity contribution in [3.8, 4) is 17.0 Å². The average molecular weight is 279 g/mol. The minimum Gasteiger partial charge on any atom is -0.497 e. The molecule has 0 radical (unpaired) electrons. The Morgan fingerprint density at radius 1 is 1.10 bits per heavy atom. The molecule has 0 fully saturated rings. The topological polar surface area (TPSA) is 61.0 Å². The molecule has 4 heteroatoms. The van der Waals surface area contributed by atoms with Crippen molar-refractivity contribution in [2.24, 2.45) is 0 Å². The maximum Gasteiger partial charge on any atom is 0.129 e. The molecule has 3 aromatic rings. The minimum absolute atomic E-state index is 0.682. The Morgan fingerprint density at radius 3 is 2.67 bits per heavy atom. The number of nitrogen functional groups attached to an aromatic ring is 1. The quantitative estimate of drug-likeness (QED) is 0.746. The first kappa shape index (κ1) is 13.4. The number of anilines is 1. The van der Waals surface area contributed by atoms with E-state index >= 15 is 0 Å². The highest BCUT2D eigenvalue weighted by Crippen LogP contribution is 2.33. The Kier molecular flexibility index (Phi) is 3.44. The van der Waals surface area contributed by atoms with E-state index < -0.39 is 0 Å². The van der Waals surface area contributed by atoms with Crippen LogP contribution in [0.2, 0.25) is 0 Å². The number of aromatic nitrogens is 2. The molecule has 0 saturated heterocycles. The van der Waals surface area contributed by atoms with Gasteiger partial charge in [-0.1, -0.05) is 25.1 Å². The number of para-hydroxylation sites is 1. The van der Waals surface area contributed by atoms with Crippen LogP contribution in [-0.4, -0.2) is 17.1 Å². The summed E-state index contributed by atoms with van der Waals surface area (Å²) in [5, 5.41) is 0.995. The van der Waals surface area contributed by atoms with Crippen LogP contribution in [0.3, 0.4) is 0 Å². The van der Waals surface area contributed by atoms with Crippen molar-refractivity contribution in [2.75, 3.05) is 12.8 Å². The summed E-state index contributed by atoms with van der Waals surface area (Å²) in [6, 6.07) is 13.6. The number of aryl methyl sites for hydroxylation is 1. The number of hydrogen-bond donors (Lipinski definition) is 1. The van der Waals surface area contributed by atoms with E-state index in [0.29, 0.717) is 5.69 Å². The van der Waals surface area contributed by atoms with Gasteiger partial charge in [-0.2, -0.15) is 0 Å². The van der Waals surface area contributed by atoms with Crippen LogP contribution in [0, 0.1) is 0 Å². The van der Waals surface area contributed by atoms with Gasteiger partial charge in [0, 0.05) is 23.1 Å². The molecule has 0 aliphatic heterocycles. The number of nitrogens with zero attached hydrogens (tertiary/aromatic N) is 2. The molecule has 0 aliphatic rings. The second-order valence-electron chi connectivity index (χ2n) is 4.81. The van der Waals surface area contributed by atoms with Crippen LogP contribution in [0.15, 0.2) is 42.5 Å². The van der Waals surface area contributed by atoms with Crippen LogP contribution >= 0.6 is 0 Å². The molecule has 0 saturated carbocycles. The Labute approximate surface area is 123 Å². The van der Waals surface area contributed by atoms with Crippen molar-refractivity contribution in [1.82, 2.24) is 9.97 Å². The average Bonchev–Trinajstić information content (AvgIpc) is 2.54. The molecule has 21 heavy (non-hydrogen) atoms. The molecule has 0 atom stereocenters. The van der Waals surface area contributed by atoms with Crippen molar-refractivity contribution in [2.45, 2.75) is 13.3 Å². The Bertz CT molecular complexity index is 799. The van der Waals surface area contributed by atoms with Crippen molar-refractivity contribution < 1.29 is 4.74 Å². The standard InChI is InChI=1S/C17H17N3O/c1-3-16-19-15-7-5-4-6-12(15)17(20-16)13-10-11(21-2)8-9-14(13)18/h4-10H,3,18H2,1-2H3. The zero-order valence-corrected chi connectivity index (χ0v) is 12.1. The van der Waals surface area contributed by atoms with Gasteiger partial charge in [-0.15, -0.1) is 0 Å². The molecule has 3 rings (SSSR count). The highest BCUT2D eigenvalue weighted by molar-refractivity contribution is 5.95. The van der Waals surface area contributed by atoms with E-state index in [4.69, 9.17) is 10.5 Å². The second-order valence-corrected chi connectivity index (χ2v) is 4.81. The number of nitrogens with two attached hydrogens (primary N) is 1. The van der Waals surface area contributed by atoms with Gasteiger partial charge in [-0.05, 0) is 24.3 Å². The van der Waals surface area contributed by atoms with Gasteiger partial charge < -0.3 is 10.5 Å². The maximum absolute atomic E-state index is 6.14. The van der Waals surface area contributed by atoms with E-state index in [9.17, 15) is 0 Å². The molecule has 0 amide bonds. The van der Waals surface area contributed by atoms with Crippen LogP contribution in [0.4, 0.5) is 5.69 Å². The lowest BCUT2D eigenvalue weighted by Crippen LogP contribution is -1.99. The Morgan fingerprint density at radius 2 is 1.90 bits per heavy atom. The van der Waals surface area contributed by atoms with E-state index in [2.05, 4.69) is 9.97 Å². The smallest absolute Gasteiger partial charge is 0.129 e. The summed E-state index contributed by atoms with van der Waals surface area (Å²) in [5.74, 6) is 1.57. The molecule has 106 valence electrons. The van der Waals surface area contributed by atoms with E-state index in [1.165, 1.54) is 0 Å². The molecule has 4 nitrogen and oxygen atoms in total. The summed E-state index contributed by atoms with van der Waals surface area (Å²) in [5.41, 5.74) is 9.49. The summed E-state index contributed by atoms with van der Waals surface area (Å²) in [6.07, 6.45) is 0.779. The number of fused-ring (bicyclic) bond motifs is 1. The lowest BCUT2D eigenvalue weighted by molar-refractivity contribution is 0.415. The summed E-state index contributed by atoms with van der Waals surface area (Å²) in [6.45, 7) is 2.04. The number of benzene rings is 2. The van der Waals surface area contributed by atoms with E-state index in [1.54, 1.807) is 7.11 Å². The van der Waals surface area contributed by atoms with E-state index in [0.717, 1.165) is 40.2 Å². The van der Waals surface area contributed by atoms with Gasteiger partial charge >= 0.3 is 0 Å². The fourth-order valence-corrected chi connectivity index (χ4v) is 2.36. The van der Waals surface area contributed by atoms with Gasteiger partial charge in [0.2, 0.25) is 0 Å². The van der Waals surface area contributed by atoms with Crippen LogP contribution < -0.4 is 10.5 Å². The van der Waals surface area contributed by atoms with Crippen LogP contribution in [0.1, 0.15) is 12.7 Å². The summed E-state index contributed by atoms with van der Waals surface area (Å²) >= 11 is 0. The predicted molar refractivity (Wildman–Crippen MR) is 85.3 cm³/mol.